The maximum absolute atomic E-state index is 5.59. The van der Waals surface area contributed by atoms with Gasteiger partial charge >= 0.3 is 0 Å². The monoisotopic (exact) mass is 250 g/mol. The predicted molar refractivity (Wildman–Crippen MR) is 67.5 cm³/mol. The summed E-state index contributed by atoms with van der Waals surface area (Å²) in [5, 5.41) is 4.17. The van der Waals surface area contributed by atoms with Gasteiger partial charge in [-0.2, -0.15) is 5.10 Å². The fourth-order valence-electron chi connectivity index (χ4n) is 1.62. The lowest BCUT2D eigenvalue weighted by molar-refractivity contribution is 0.553. The van der Waals surface area contributed by atoms with E-state index in [0.29, 0.717) is 12.4 Å². The Labute approximate surface area is 104 Å². The van der Waals surface area contributed by atoms with Gasteiger partial charge in [0.05, 0.1) is 6.54 Å². The molecule has 0 aliphatic carbocycles. The molecule has 2 N–H and O–H groups in total. The summed E-state index contributed by atoms with van der Waals surface area (Å²) < 4.78 is 3.75. The third kappa shape index (κ3) is 2.50. The number of imidazole rings is 1. The molecular formula is C10H14N6S. The Morgan fingerprint density at radius 1 is 1.47 bits per heavy atom. The number of hydrogen-bond acceptors (Lipinski definition) is 4. The highest BCUT2D eigenvalue weighted by molar-refractivity contribution is 7.80. The summed E-state index contributed by atoms with van der Waals surface area (Å²) in [5.74, 6) is 1.48. The van der Waals surface area contributed by atoms with Crippen molar-refractivity contribution in [1.29, 1.82) is 0 Å². The first-order valence-corrected chi connectivity index (χ1v) is 5.80. The van der Waals surface area contributed by atoms with E-state index >= 15 is 0 Å². The van der Waals surface area contributed by atoms with Crippen LogP contribution in [0.2, 0.25) is 0 Å². The second-order valence-corrected chi connectivity index (χ2v) is 4.08. The Balaban J connectivity index is 2.22. The highest BCUT2D eigenvalue weighted by Gasteiger charge is 2.09. The van der Waals surface area contributed by atoms with Crippen LogP contribution >= 0.6 is 12.2 Å². The van der Waals surface area contributed by atoms with Crippen LogP contribution in [0.25, 0.3) is 0 Å². The van der Waals surface area contributed by atoms with Crippen LogP contribution in [0.4, 0.5) is 0 Å². The number of aryl methyl sites for hydroxylation is 1. The van der Waals surface area contributed by atoms with E-state index in [-0.39, 0.29) is 4.99 Å². The van der Waals surface area contributed by atoms with E-state index in [0.717, 1.165) is 18.8 Å². The molecule has 6 nitrogen and oxygen atoms in total. The molecule has 2 heterocycles. The van der Waals surface area contributed by atoms with Crippen LogP contribution in [0.5, 0.6) is 0 Å². The average molecular weight is 250 g/mol. The molecule has 2 rings (SSSR count). The average Bonchev–Trinajstić information content (AvgIpc) is 2.89. The lowest BCUT2D eigenvalue weighted by Gasteiger charge is -2.07. The van der Waals surface area contributed by atoms with Crippen molar-refractivity contribution in [3.63, 3.8) is 0 Å². The van der Waals surface area contributed by atoms with Crippen molar-refractivity contribution in [2.45, 2.75) is 26.4 Å². The summed E-state index contributed by atoms with van der Waals surface area (Å²) in [7, 11) is 0. The van der Waals surface area contributed by atoms with Crippen LogP contribution < -0.4 is 5.73 Å². The first kappa shape index (κ1) is 11.7. The number of nitrogens with two attached hydrogens (primary N) is 1. The van der Waals surface area contributed by atoms with Crippen molar-refractivity contribution in [3.8, 4) is 0 Å². The van der Waals surface area contributed by atoms with Gasteiger partial charge in [-0.25, -0.2) is 14.6 Å². The Hall–Kier alpha value is -1.76. The van der Waals surface area contributed by atoms with Gasteiger partial charge in [-0.3, -0.25) is 0 Å². The Morgan fingerprint density at radius 2 is 2.29 bits per heavy atom. The molecule has 90 valence electrons. The summed E-state index contributed by atoms with van der Waals surface area (Å²) in [6, 6.07) is 0. The van der Waals surface area contributed by atoms with E-state index in [9.17, 15) is 0 Å². The van der Waals surface area contributed by atoms with Crippen LogP contribution in [-0.2, 0) is 13.1 Å². The lowest BCUT2D eigenvalue weighted by atomic mass is 10.4. The second kappa shape index (κ2) is 5.05. The Bertz CT molecular complexity index is 514. The Kier molecular flexibility index (Phi) is 3.48. The molecule has 0 amide bonds. The molecule has 2 aromatic rings. The minimum atomic E-state index is 0.288. The minimum Gasteiger partial charge on any atom is -0.387 e. The summed E-state index contributed by atoms with van der Waals surface area (Å²) in [5.41, 5.74) is 5.59. The largest absolute Gasteiger partial charge is 0.387 e. The van der Waals surface area contributed by atoms with Gasteiger partial charge in [0.25, 0.3) is 0 Å². The third-order valence-electron chi connectivity index (χ3n) is 2.38. The van der Waals surface area contributed by atoms with Crippen LogP contribution in [-0.4, -0.2) is 29.3 Å². The molecule has 17 heavy (non-hydrogen) atoms. The third-order valence-corrected chi connectivity index (χ3v) is 2.56. The maximum atomic E-state index is 5.59. The van der Waals surface area contributed by atoms with Gasteiger partial charge in [-0.15, -0.1) is 0 Å². The quantitative estimate of drug-likeness (QED) is 0.785. The molecule has 0 spiro atoms. The number of thiocarbonyl (C=S) groups is 1. The molecule has 0 saturated heterocycles. The molecular weight excluding hydrogens is 236 g/mol. The van der Waals surface area contributed by atoms with Crippen LogP contribution in [0.3, 0.4) is 0 Å². The summed E-state index contributed by atoms with van der Waals surface area (Å²) >= 11 is 4.93. The fraction of sp³-hybridized carbons (Fsp3) is 0.400. The molecule has 0 aromatic carbocycles. The van der Waals surface area contributed by atoms with Crippen LogP contribution in [0.1, 0.15) is 25.0 Å². The molecule has 0 radical (unpaired) electrons. The van der Waals surface area contributed by atoms with Crippen molar-refractivity contribution in [2.24, 2.45) is 5.73 Å². The standard InChI is InChI=1S/C10H14N6S/c1-2-4-16-8(13-7-14-16)6-15-5-3-12-10(15)9(11)17/h3,5,7H,2,4,6H2,1H3,(H2,11,17). The van der Waals surface area contributed by atoms with E-state index in [1.54, 1.807) is 12.5 Å². The fourth-order valence-corrected chi connectivity index (χ4v) is 1.79. The van der Waals surface area contributed by atoms with E-state index in [4.69, 9.17) is 18.0 Å². The zero-order valence-corrected chi connectivity index (χ0v) is 10.4. The molecule has 7 heteroatoms. The zero-order chi connectivity index (χ0) is 12.3. The van der Waals surface area contributed by atoms with Gasteiger partial charge in [0.2, 0.25) is 0 Å². The lowest BCUT2D eigenvalue weighted by Crippen LogP contribution is -2.19. The van der Waals surface area contributed by atoms with Gasteiger partial charge in [0.1, 0.15) is 17.1 Å². The maximum Gasteiger partial charge on any atom is 0.167 e. The molecule has 0 bridgehead atoms. The highest BCUT2D eigenvalue weighted by atomic mass is 32.1. The molecule has 0 fully saturated rings. The number of hydrogen-bond donors (Lipinski definition) is 1. The van der Waals surface area contributed by atoms with Crippen molar-refractivity contribution in [1.82, 2.24) is 24.3 Å². The SMILES string of the molecule is CCCn1ncnc1Cn1ccnc1C(N)=S. The summed E-state index contributed by atoms with van der Waals surface area (Å²) in [6.45, 7) is 3.53. The van der Waals surface area contributed by atoms with Gasteiger partial charge in [-0.1, -0.05) is 19.1 Å². The van der Waals surface area contributed by atoms with Gasteiger partial charge in [-0.05, 0) is 6.42 Å². The van der Waals surface area contributed by atoms with Crippen molar-refractivity contribution in [2.75, 3.05) is 0 Å². The molecule has 0 saturated carbocycles. The smallest absolute Gasteiger partial charge is 0.167 e. The normalized spacial score (nSPS) is 10.6. The van der Waals surface area contributed by atoms with E-state index < -0.39 is 0 Å². The molecule has 0 atom stereocenters. The van der Waals surface area contributed by atoms with Gasteiger partial charge in [0, 0.05) is 18.9 Å². The second-order valence-electron chi connectivity index (χ2n) is 3.64. The highest BCUT2D eigenvalue weighted by Crippen LogP contribution is 2.03. The Morgan fingerprint density at radius 3 is 3.00 bits per heavy atom. The van der Waals surface area contributed by atoms with Crippen molar-refractivity contribution in [3.05, 3.63) is 30.4 Å². The van der Waals surface area contributed by atoms with Gasteiger partial charge in [0.15, 0.2) is 5.82 Å². The van der Waals surface area contributed by atoms with Crippen molar-refractivity contribution >= 4 is 17.2 Å². The van der Waals surface area contributed by atoms with E-state index in [2.05, 4.69) is 22.0 Å². The van der Waals surface area contributed by atoms with E-state index in [1.165, 1.54) is 0 Å². The minimum absolute atomic E-state index is 0.288. The van der Waals surface area contributed by atoms with Gasteiger partial charge < -0.3 is 10.3 Å². The zero-order valence-electron chi connectivity index (χ0n) is 9.58. The molecule has 0 aliphatic heterocycles. The first-order valence-electron chi connectivity index (χ1n) is 5.40. The number of aromatic nitrogens is 5. The molecule has 0 unspecified atom stereocenters. The molecule has 0 aliphatic rings. The van der Waals surface area contributed by atoms with Crippen LogP contribution in [0.15, 0.2) is 18.7 Å². The van der Waals surface area contributed by atoms with Crippen LogP contribution in [0, 0.1) is 0 Å². The number of rotatable bonds is 5. The first-order chi connectivity index (χ1) is 8.22. The van der Waals surface area contributed by atoms with E-state index in [1.807, 2.05) is 15.4 Å². The summed E-state index contributed by atoms with van der Waals surface area (Å²) in [4.78, 5) is 8.63. The predicted octanol–water partition coefficient (Wildman–Crippen LogP) is 0.567. The molecule has 2 aromatic heterocycles. The number of nitrogens with zero attached hydrogens (tertiary/aromatic N) is 5. The summed E-state index contributed by atoms with van der Waals surface area (Å²) in [6.07, 6.45) is 6.08. The topological polar surface area (TPSA) is 74.5 Å². The van der Waals surface area contributed by atoms with Crippen molar-refractivity contribution < 1.29 is 0 Å².